The summed E-state index contributed by atoms with van der Waals surface area (Å²) >= 11 is 5.87. The highest BCUT2D eigenvalue weighted by atomic mass is 35.5. The van der Waals surface area contributed by atoms with Crippen molar-refractivity contribution in [2.75, 3.05) is 17.7 Å². The van der Waals surface area contributed by atoms with Gasteiger partial charge in [-0.05, 0) is 30.3 Å². The minimum absolute atomic E-state index is 0.242. The zero-order valence-corrected chi connectivity index (χ0v) is 10.6. The van der Waals surface area contributed by atoms with Gasteiger partial charge in [0.1, 0.15) is 5.82 Å². The molecule has 0 fully saturated rings. The number of nitrogen functional groups attached to an aromatic ring is 1. The third-order valence-corrected chi connectivity index (χ3v) is 2.78. The number of nitrogens with zero attached hydrogens (tertiary/aromatic N) is 2. The molecule has 18 heavy (non-hydrogen) atoms. The first-order valence-electron chi connectivity index (χ1n) is 5.33. The number of benzene rings is 1. The Kier molecular flexibility index (Phi) is 3.48. The molecule has 0 saturated carbocycles. The standard InChI is InChI=1S/C13H12ClN3O/c1-17(12-4-2-3-7-16-12)13(18)10-8-9(14)5-6-11(10)15/h2-8H,15H2,1H3. The number of rotatable bonds is 2. The molecule has 0 bridgehead atoms. The lowest BCUT2D eigenvalue weighted by molar-refractivity contribution is 0.0993. The second-order valence-corrected chi connectivity index (χ2v) is 4.22. The Balaban J connectivity index is 2.34. The Bertz CT molecular complexity index is 572. The molecule has 92 valence electrons. The summed E-state index contributed by atoms with van der Waals surface area (Å²) in [5.41, 5.74) is 6.55. The lowest BCUT2D eigenvalue weighted by atomic mass is 10.1. The molecular weight excluding hydrogens is 250 g/mol. The molecule has 1 aromatic carbocycles. The van der Waals surface area contributed by atoms with E-state index in [1.807, 2.05) is 6.07 Å². The molecule has 0 saturated heterocycles. The van der Waals surface area contributed by atoms with Crippen LogP contribution in [0.25, 0.3) is 0 Å². The Morgan fingerprint density at radius 2 is 2.11 bits per heavy atom. The number of hydrogen-bond acceptors (Lipinski definition) is 3. The fourth-order valence-electron chi connectivity index (χ4n) is 1.55. The molecule has 0 aliphatic carbocycles. The summed E-state index contributed by atoms with van der Waals surface area (Å²) in [5, 5.41) is 0.474. The van der Waals surface area contributed by atoms with Crippen LogP contribution < -0.4 is 10.6 Å². The van der Waals surface area contributed by atoms with Crippen molar-refractivity contribution in [2.45, 2.75) is 0 Å². The number of anilines is 2. The number of pyridine rings is 1. The molecule has 0 unspecified atom stereocenters. The lowest BCUT2D eigenvalue weighted by Crippen LogP contribution is -2.27. The van der Waals surface area contributed by atoms with Crippen molar-refractivity contribution in [3.8, 4) is 0 Å². The van der Waals surface area contributed by atoms with Crippen LogP contribution in [0.15, 0.2) is 42.6 Å². The number of carbonyl (C=O) groups is 1. The van der Waals surface area contributed by atoms with Crippen LogP contribution in [-0.4, -0.2) is 17.9 Å². The van der Waals surface area contributed by atoms with E-state index in [1.54, 1.807) is 43.6 Å². The smallest absolute Gasteiger partial charge is 0.261 e. The van der Waals surface area contributed by atoms with Gasteiger partial charge in [0.15, 0.2) is 0 Å². The highest BCUT2D eigenvalue weighted by Crippen LogP contribution is 2.21. The summed E-state index contributed by atoms with van der Waals surface area (Å²) in [6.07, 6.45) is 1.63. The maximum Gasteiger partial charge on any atom is 0.261 e. The van der Waals surface area contributed by atoms with Crippen LogP contribution in [0.3, 0.4) is 0 Å². The first-order valence-corrected chi connectivity index (χ1v) is 5.71. The highest BCUT2D eigenvalue weighted by Gasteiger charge is 2.17. The maximum absolute atomic E-state index is 12.3. The zero-order chi connectivity index (χ0) is 13.1. The van der Waals surface area contributed by atoms with Gasteiger partial charge in [-0.3, -0.25) is 9.69 Å². The van der Waals surface area contributed by atoms with Gasteiger partial charge in [0.25, 0.3) is 5.91 Å². The van der Waals surface area contributed by atoms with Gasteiger partial charge in [0.05, 0.1) is 5.56 Å². The van der Waals surface area contributed by atoms with Gasteiger partial charge < -0.3 is 5.73 Å². The number of amides is 1. The van der Waals surface area contributed by atoms with Crippen LogP contribution >= 0.6 is 11.6 Å². The summed E-state index contributed by atoms with van der Waals surface area (Å²) in [6.45, 7) is 0. The third-order valence-electron chi connectivity index (χ3n) is 2.54. The van der Waals surface area contributed by atoms with Gasteiger partial charge in [-0.25, -0.2) is 4.98 Å². The van der Waals surface area contributed by atoms with Gasteiger partial charge in [0, 0.05) is 24.0 Å². The van der Waals surface area contributed by atoms with Crippen LogP contribution in [0, 0.1) is 0 Å². The minimum Gasteiger partial charge on any atom is -0.398 e. The molecule has 2 aromatic rings. The van der Waals surface area contributed by atoms with Crippen LogP contribution in [0.5, 0.6) is 0 Å². The molecule has 0 aliphatic heterocycles. The fraction of sp³-hybridized carbons (Fsp3) is 0.0769. The molecule has 1 heterocycles. The number of hydrogen-bond donors (Lipinski definition) is 1. The van der Waals surface area contributed by atoms with Gasteiger partial charge in [-0.1, -0.05) is 17.7 Å². The van der Waals surface area contributed by atoms with Gasteiger partial charge >= 0.3 is 0 Å². The molecule has 2 N–H and O–H groups in total. The van der Waals surface area contributed by atoms with E-state index in [-0.39, 0.29) is 5.91 Å². The Morgan fingerprint density at radius 3 is 2.78 bits per heavy atom. The van der Waals surface area contributed by atoms with Crippen LogP contribution in [0.2, 0.25) is 5.02 Å². The van der Waals surface area contributed by atoms with E-state index in [0.29, 0.717) is 22.1 Å². The highest BCUT2D eigenvalue weighted by molar-refractivity contribution is 6.31. The Morgan fingerprint density at radius 1 is 1.33 bits per heavy atom. The molecule has 0 atom stereocenters. The van der Waals surface area contributed by atoms with E-state index in [2.05, 4.69) is 4.98 Å². The molecule has 0 radical (unpaired) electrons. The van der Waals surface area contributed by atoms with Crippen LogP contribution in [-0.2, 0) is 0 Å². The summed E-state index contributed by atoms with van der Waals surface area (Å²) in [4.78, 5) is 17.8. The predicted octanol–water partition coefficient (Wildman–Crippen LogP) is 2.59. The average molecular weight is 262 g/mol. The molecule has 0 aliphatic rings. The van der Waals surface area contributed by atoms with E-state index < -0.39 is 0 Å². The fourth-order valence-corrected chi connectivity index (χ4v) is 1.72. The third kappa shape index (κ3) is 2.43. The summed E-state index contributed by atoms with van der Waals surface area (Å²) in [5.74, 6) is 0.315. The predicted molar refractivity (Wildman–Crippen MR) is 72.8 cm³/mol. The second kappa shape index (κ2) is 5.06. The quantitative estimate of drug-likeness (QED) is 0.846. The molecule has 0 spiro atoms. The van der Waals surface area contributed by atoms with Crippen molar-refractivity contribution >= 4 is 29.0 Å². The number of carbonyl (C=O) groups excluding carboxylic acids is 1. The topological polar surface area (TPSA) is 59.2 Å². The molecule has 5 heteroatoms. The van der Waals surface area contributed by atoms with E-state index in [1.165, 1.54) is 4.90 Å². The average Bonchev–Trinajstić information content (AvgIpc) is 2.41. The van der Waals surface area contributed by atoms with Crippen molar-refractivity contribution in [2.24, 2.45) is 0 Å². The molecule has 2 rings (SSSR count). The molecule has 1 aromatic heterocycles. The SMILES string of the molecule is CN(C(=O)c1cc(Cl)ccc1N)c1ccccn1. The molecule has 4 nitrogen and oxygen atoms in total. The largest absolute Gasteiger partial charge is 0.398 e. The van der Waals surface area contributed by atoms with E-state index in [9.17, 15) is 4.79 Å². The number of aromatic nitrogens is 1. The first-order chi connectivity index (χ1) is 8.59. The number of nitrogens with two attached hydrogens (primary N) is 1. The van der Waals surface area contributed by atoms with E-state index in [4.69, 9.17) is 17.3 Å². The Hall–Kier alpha value is -2.07. The van der Waals surface area contributed by atoms with Crippen molar-refractivity contribution < 1.29 is 4.79 Å². The second-order valence-electron chi connectivity index (χ2n) is 3.78. The minimum atomic E-state index is -0.242. The van der Waals surface area contributed by atoms with E-state index >= 15 is 0 Å². The summed E-state index contributed by atoms with van der Waals surface area (Å²) in [6, 6.07) is 10.2. The van der Waals surface area contributed by atoms with Crippen LogP contribution in [0.1, 0.15) is 10.4 Å². The van der Waals surface area contributed by atoms with Gasteiger partial charge in [-0.2, -0.15) is 0 Å². The summed E-state index contributed by atoms with van der Waals surface area (Å²) in [7, 11) is 1.64. The van der Waals surface area contributed by atoms with Crippen molar-refractivity contribution in [1.82, 2.24) is 4.98 Å². The van der Waals surface area contributed by atoms with Gasteiger partial charge in [0.2, 0.25) is 0 Å². The lowest BCUT2D eigenvalue weighted by Gasteiger charge is -2.17. The van der Waals surface area contributed by atoms with Gasteiger partial charge in [-0.15, -0.1) is 0 Å². The van der Waals surface area contributed by atoms with Crippen molar-refractivity contribution in [3.63, 3.8) is 0 Å². The summed E-state index contributed by atoms with van der Waals surface area (Å²) < 4.78 is 0. The van der Waals surface area contributed by atoms with Crippen molar-refractivity contribution in [3.05, 3.63) is 53.2 Å². The normalized spacial score (nSPS) is 10.1. The van der Waals surface area contributed by atoms with Crippen LogP contribution in [0.4, 0.5) is 11.5 Å². The number of halogens is 1. The monoisotopic (exact) mass is 261 g/mol. The maximum atomic E-state index is 12.3. The molecular formula is C13H12ClN3O. The van der Waals surface area contributed by atoms with Crippen molar-refractivity contribution in [1.29, 1.82) is 0 Å². The molecule has 1 amide bonds. The zero-order valence-electron chi connectivity index (χ0n) is 9.80. The first kappa shape index (κ1) is 12.4. The Labute approximate surface area is 110 Å². The van der Waals surface area contributed by atoms with E-state index in [0.717, 1.165) is 0 Å².